The molecule has 2 aromatic heterocycles. The highest BCUT2D eigenvalue weighted by atomic mass is 16.2. The molecule has 28 heavy (non-hydrogen) atoms. The molecule has 1 N–H and O–H groups in total. The third-order valence-electron chi connectivity index (χ3n) is 5.89. The van der Waals surface area contributed by atoms with Crippen molar-refractivity contribution in [3.05, 3.63) is 46.4 Å². The molecule has 2 heterocycles. The maximum atomic E-state index is 13.4. The van der Waals surface area contributed by atoms with Gasteiger partial charge in [0.2, 0.25) is 0 Å². The lowest BCUT2D eigenvalue weighted by Crippen LogP contribution is -2.33. The number of hydrogen-bond acceptors (Lipinski definition) is 3. The minimum Gasteiger partial charge on any atom is -0.351 e. The second kappa shape index (κ2) is 7.43. The van der Waals surface area contributed by atoms with Crippen LogP contribution in [0.2, 0.25) is 0 Å². The van der Waals surface area contributed by atoms with E-state index in [1.54, 1.807) is 6.20 Å². The summed E-state index contributed by atoms with van der Waals surface area (Å²) >= 11 is 0. The Labute approximate surface area is 164 Å². The summed E-state index contributed by atoms with van der Waals surface area (Å²) in [4.78, 5) is 28.5. The normalized spacial score (nSPS) is 15.1. The largest absolute Gasteiger partial charge is 0.351 e. The maximum Gasteiger partial charge on any atom is 0.275 e. The van der Waals surface area contributed by atoms with E-state index < -0.39 is 0 Å². The van der Waals surface area contributed by atoms with Crippen LogP contribution in [-0.2, 0) is 7.05 Å². The van der Waals surface area contributed by atoms with Gasteiger partial charge in [-0.2, -0.15) is 0 Å². The van der Waals surface area contributed by atoms with Crippen molar-refractivity contribution in [3.8, 4) is 0 Å². The molecule has 0 spiro atoms. The highest BCUT2D eigenvalue weighted by Crippen LogP contribution is 2.32. The molecule has 148 valence electrons. The number of rotatable bonds is 5. The number of aryl methyl sites for hydroxylation is 1. The van der Waals surface area contributed by atoms with Crippen LogP contribution in [0.15, 0.2) is 35.3 Å². The molecule has 1 aromatic carbocycles. The van der Waals surface area contributed by atoms with E-state index in [1.807, 2.05) is 59.4 Å². The average molecular weight is 380 g/mol. The van der Waals surface area contributed by atoms with Crippen molar-refractivity contribution in [2.24, 2.45) is 7.05 Å². The Morgan fingerprint density at radius 3 is 2.64 bits per heavy atom. The summed E-state index contributed by atoms with van der Waals surface area (Å²) in [7, 11) is 5.88. The topological polar surface area (TPSA) is 59.3 Å². The van der Waals surface area contributed by atoms with Crippen LogP contribution in [0.25, 0.3) is 21.8 Å². The maximum absolute atomic E-state index is 13.4. The number of amides is 1. The van der Waals surface area contributed by atoms with Gasteiger partial charge in [0.1, 0.15) is 5.52 Å². The zero-order chi connectivity index (χ0) is 19.8. The van der Waals surface area contributed by atoms with E-state index in [2.05, 4.69) is 5.32 Å². The van der Waals surface area contributed by atoms with Gasteiger partial charge in [0.25, 0.3) is 11.5 Å². The van der Waals surface area contributed by atoms with Gasteiger partial charge >= 0.3 is 0 Å². The van der Waals surface area contributed by atoms with Crippen LogP contribution in [0.3, 0.4) is 0 Å². The number of para-hydroxylation sites is 1. The minimum atomic E-state index is -0.116. The van der Waals surface area contributed by atoms with Gasteiger partial charge in [-0.25, -0.2) is 0 Å². The lowest BCUT2D eigenvalue weighted by Gasteiger charge is -2.17. The number of fused-ring (bicyclic) bond motifs is 3. The van der Waals surface area contributed by atoms with Gasteiger partial charge in [0, 0.05) is 48.7 Å². The molecule has 0 radical (unpaired) electrons. The highest BCUT2D eigenvalue weighted by Gasteiger charge is 2.25. The monoisotopic (exact) mass is 380 g/mol. The number of likely N-dealkylation sites (N-methyl/N-ethyl adjacent to an activating group) is 1. The van der Waals surface area contributed by atoms with Crippen LogP contribution in [-0.4, -0.2) is 47.1 Å². The van der Waals surface area contributed by atoms with Crippen LogP contribution in [0.1, 0.15) is 42.1 Å². The zero-order valence-electron chi connectivity index (χ0n) is 16.9. The summed E-state index contributed by atoms with van der Waals surface area (Å²) in [6.45, 7) is 1.34. The van der Waals surface area contributed by atoms with Crippen molar-refractivity contribution in [2.45, 2.75) is 31.7 Å². The molecule has 0 saturated heterocycles. The molecule has 6 nitrogen and oxygen atoms in total. The van der Waals surface area contributed by atoms with Crippen molar-refractivity contribution in [1.29, 1.82) is 0 Å². The highest BCUT2D eigenvalue weighted by molar-refractivity contribution is 6.17. The lowest BCUT2D eigenvalue weighted by molar-refractivity contribution is 0.0952. The second-order valence-electron chi connectivity index (χ2n) is 8.05. The van der Waals surface area contributed by atoms with Crippen LogP contribution in [0.5, 0.6) is 0 Å². The Kier molecular flexibility index (Phi) is 4.98. The molecule has 0 aliphatic heterocycles. The molecule has 1 saturated carbocycles. The first kappa shape index (κ1) is 18.7. The van der Waals surface area contributed by atoms with Crippen molar-refractivity contribution >= 4 is 27.7 Å². The first-order chi connectivity index (χ1) is 13.5. The van der Waals surface area contributed by atoms with Crippen molar-refractivity contribution in [1.82, 2.24) is 19.4 Å². The van der Waals surface area contributed by atoms with Gasteiger partial charge in [-0.15, -0.1) is 0 Å². The number of hydrogen-bond donors (Lipinski definition) is 1. The zero-order valence-corrected chi connectivity index (χ0v) is 16.9. The van der Waals surface area contributed by atoms with Gasteiger partial charge in [-0.05, 0) is 33.0 Å². The molecular weight excluding hydrogens is 352 g/mol. The van der Waals surface area contributed by atoms with Crippen molar-refractivity contribution < 1.29 is 4.79 Å². The standard InChI is InChI=1S/C22H28N4O2/c1-24(2)13-12-23-21(27)17-14-26(15-8-4-5-9-15)22(28)20-19(17)16-10-6-7-11-18(16)25(20)3/h6-7,10-11,14-15H,4-5,8-9,12-13H2,1-3H3,(H,23,27). The molecule has 6 heteroatoms. The number of nitrogens with one attached hydrogen (secondary N) is 1. The van der Waals surface area contributed by atoms with E-state index >= 15 is 0 Å². The number of aromatic nitrogens is 2. The van der Waals surface area contributed by atoms with E-state index in [0.717, 1.165) is 48.5 Å². The smallest absolute Gasteiger partial charge is 0.275 e. The van der Waals surface area contributed by atoms with E-state index in [9.17, 15) is 9.59 Å². The van der Waals surface area contributed by atoms with Crippen LogP contribution < -0.4 is 10.9 Å². The number of carbonyl (C=O) groups is 1. The molecule has 0 bridgehead atoms. The molecule has 0 atom stereocenters. The van der Waals surface area contributed by atoms with Crippen LogP contribution in [0, 0.1) is 0 Å². The van der Waals surface area contributed by atoms with Gasteiger partial charge in [0.05, 0.1) is 5.56 Å². The predicted molar refractivity (Wildman–Crippen MR) is 113 cm³/mol. The Hall–Kier alpha value is -2.60. The molecular formula is C22H28N4O2. The van der Waals surface area contributed by atoms with Crippen LogP contribution >= 0.6 is 0 Å². The van der Waals surface area contributed by atoms with E-state index in [1.165, 1.54) is 0 Å². The van der Waals surface area contributed by atoms with Gasteiger partial charge in [0.15, 0.2) is 0 Å². The van der Waals surface area contributed by atoms with Crippen LogP contribution in [0.4, 0.5) is 0 Å². The Balaban J connectivity index is 1.93. The van der Waals surface area contributed by atoms with Crippen molar-refractivity contribution in [3.63, 3.8) is 0 Å². The first-order valence-electron chi connectivity index (χ1n) is 10.0. The van der Waals surface area contributed by atoms with E-state index in [-0.39, 0.29) is 17.5 Å². The van der Waals surface area contributed by atoms with Gasteiger partial charge in [-0.3, -0.25) is 9.59 Å². The Morgan fingerprint density at radius 1 is 1.21 bits per heavy atom. The summed E-state index contributed by atoms with van der Waals surface area (Å²) in [5, 5.41) is 4.74. The third kappa shape index (κ3) is 3.11. The summed E-state index contributed by atoms with van der Waals surface area (Å²) in [5.41, 5.74) is 2.19. The number of benzene rings is 1. The third-order valence-corrected chi connectivity index (χ3v) is 5.89. The second-order valence-corrected chi connectivity index (χ2v) is 8.05. The summed E-state index contributed by atoms with van der Waals surface area (Å²) < 4.78 is 3.75. The summed E-state index contributed by atoms with van der Waals surface area (Å²) in [6, 6.07) is 8.10. The number of nitrogens with zero attached hydrogens (tertiary/aromatic N) is 3. The number of pyridine rings is 1. The molecule has 1 aliphatic rings. The van der Waals surface area contributed by atoms with Gasteiger partial charge < -0.3 is 19.4 Å². The van der Waals surface area contributed by atoms with Gasteiger partial charge in [-0.1, -0.05) is 31.0 Å². The summed E-state index contributed by atoms with van der Waals surface area (Å²) in [6.07, 6.45) is 6.06. The fourth-order valence-corrected chi connectivity index (χ4v) is 4.41. The molecule has 1 aliphatic carbocycles. The predicted octanol–water partition coefficient (Wildman–Crippen LogP) is 2.90. The van der Waals surface area contributed by atoms with E-state index in [0.29, 0.717) is 17.6 Å². The fourth-order valence-electron chi connectivity index (χ4n) is 4.41. The molecule has 1 fully saturated rings. The number of carbonyl (C=O) groups excluding carboxylic acids is 1. The molecule has 0 unspecified atom stereocenters. The molecule has 4 rings (SSSR count). The van der Waals surface area contributed by atoms with E-state index in [4.69, 9.17) is 0 Å². The average Bonchev–Trinajstić information content (AvgIpc) is 3.30. The Morgan fingerprint density at radius 2 is 1.93 bits per heavy atom. The lowest BCUT2D eigenvalue weighted by atomic mass is 10.1. The fraction of sp³-hybridized carbons (Fsp3) is 0.455. The van der Waals surface area contributed by atoms with Crippen molar-refractivity contribution in [2.75, 3.05) is 27.2 Å². The summed E-state index contributed by atoms with van der Waals surface area (Å²) in [5.74, 6) is -0.116. The Bertz CT molecular complexity index is 1090. The quantitative estimate of drug-likeness (QED) is 0.740. The molecule has 1 amide bonds. The minimum absolute atomic E-state index is 0.00504. The molecule has 3 aromatic rings. The first-order valence-corrected chi connectivity index (χ1v) is 10.0. The SMILES string of the molecule is CN(C)CCNC(=O)c1cn(C2CCCC2)c(=O)c2c1c1ccccc1n2C.